The van der Waals surface area contributed by atoms with Gasteiger partial charge in [0.25, 0.3) is 5.91 Å². The van der Waals surface area contributed by atoms with Gasteiger partial charge in [0.2, 0.25) is 10.9 Å². The van der Waals surface area contributed by atoms with Crippen LogP contribution in [-0.2, 0) is 5.75 Å². The predicted molar refractivity (Wildman–Crippen MR) is 148 cm³/mol. The number of aromatic nitrogens is 2. The molecule has 2 aromatic heterocycles. The Kier molecular flexibility index (Phi) is 6.10. The third-order valence-electron chi connectivity index (χ3n) is 6.27. The molecule has 0 aliphatic carbocycles. The molecule has 0 N–H and O–H groups in total. The first-order chi connectivity index (χ1) is 17.9. The van der Waals surface area contributed by atoms with E-state index in [0.29, 0.717) is 26.7 Å². The standard InChI is InChI=1S/C28H20ClN3O3S2/c1-15-6-9-17(10-7-15)14-36-28-31-30-27(37-28)32-23(18-4-3-5-19(29)13-18)22-24(33)20-12-16(2)8-11-21(20)35-25(22)26(32)34/h3-13,23H,14H2,1-2H3/t23-/m0/s1. The SMILES string of the molecule is Cc1ccc(CSc2nnc(N3C(=O)c4oc5ccc(C)cc5c(=O)c4[C@@H]3c3cccc(Cl)c3)s2)cc1. The van der Waals surface area contributed by atoms with Crippen LogP contribution in [0.2, 0.25) is 5.02 Å². The number of nitrogens with zero attached hydrogens (tertiary/aromatic N) is 3. The molecule has 1 amide bonds. The predicted octanol–water partition coefficient (Wildman–Crippen LogP) is 6.96. The van der Waals surface area contributed by atoms with Gasteiger partial charge in [-0.2, -0.15) is 0 Å². The molecular formula is C28H20ClN3O3S2. The van der Waals surface area contributed by atoms with Crippen molar-refractivity contribution in [3.63, 3.8) is 0 Å². The van der Waals surface area contributed by atoms with Gasteiger partial charge in [-0.05, 0) is 49.2 Å². The quantitative estimate of drug-likeness (QED) is 0.175. The smallest absolute Gasteiger partial charge is 0.297 e. The van der Waals surface area contributed by atoms with E-state index >= 15 is 0 Å². The first kappa shape index (κ1) is 23.9. The van der Waals surface area contributed by atoms with Crippen molar-refractivity contribution in [3.05, 3.63) is 116 Å². The molecule has 1 atom stereocenters. The first-order valence-electron chi connectivity index (χ1n) is 11.6. The molecule has 0 fully saturated rings. The van der Waals surface area contributed by atoms with Crippen molar-refractivity contribution in [1.29, 1.82) is 0 Å². The van der Waals surface area contributed by atoms with Crippen LogP contribution in [0.25, 0.3) is 11.0 Å². The topological polar surface area (TPSA) is 76.3 Å². The lowest BCUT2D eigenvalue weighted by atomic mass is 9.98. The van der Waals surface area contributed by atoms with Crippen LogP contribution in [0.1, 0.15) is 44.4 Å². The van der Waals surface area contributed by atoms with Crippen LogP contribution in [0.3, 0.4) is 0 Å². The minimum Gasteiger partial charge on any atom is -0.450 e. The second-order valence-corrected chi connectivity index (χ2v) is 11.5. The van der Waals surface area contributed by atoms with Crippen molar-refractivity contribution in [2.75, 3.05) is 4.90 Å². The van der Waals surface area contributed by atoms with E-state index in [1.54, 1.807) is 42.1 Å². The van der Waals surface area contributed by atoms with Crippen molar-refractivity contribution in [2.24, 2.45) is 0 Å². The van der Waals surface area contributed by atoms with Gasteiger partial charge in [-0.15, -0.1) is 10.2 Å². The summed E-state index contributed by atoms with van der Waals surface area (Å²) in [5, 5.41) is 10.0. The van der Waals surface area contributed by atoms with Gasteiger partial charge in [0.1, 0.15) is 5.58 Å². The molecule has 0 saturated heterocycles. The minimum atomic E-state index is -0.731. The maximum absolute atomic E-state index is 13.7. The Labute approximate surface area is 225 Å². The zero-order chi connectivity index (χ0) is 25.7. The number of halogens is 1. The van der Waals surface area contributed by atoms with Gasteiger partial charge in [-0.25, -0.2) is 0 Å². The van der Waals surface area contributed by atoms with Crippen molar-refractivity contribution in [3.8, 4) is 0 Å². The Hall–Kier alpha value is -3.46. The van der Waals surface area contributed by atoms with Gasteiger partial charge in [0.15, 0.2) is 9.77 Å². The van der Waals surface area contributed by atoms with Crippen molar-refractivity contribution >= 4 is 56.7 Å². The van der Waals surface area contributed by atoms with Crippen molar-refractivity contribution in [1.82, 2.24) is 10.2 Å². The third-order valence-corrected chi connectivity index (χ3v) is 8.64. The number of fused-ring (bicyclic) bond motifs is 2. The molecule has 1 aliphatic heterocycles. The molecule has 37 heavy (non-hydrogen) atoms. The Bertz CT molecular complexity index is 1730. The molecule has 6 nitrogen and oxygen atoms in total. The van der Waals surface area contributed by atoms with Crippen LogP contribution < -0.4 is 10.3 Å². The molecule has 0 unspecified atom stereocenters. The van der Waals surface area contributed by atoms with E-state index < -0.39 is 11.9 Å². The molecule has 3 heterocycles. The molecule has 0 spiro atoms. The van der Waals surface area contributed by atoms with E-state index in [1.165, 1.54) is 27.4 Å². The van der Waals surface area contributed by atoms with E-state index in [-0.39, 0.29) is 16.8 Å². The highest BCUT2D eigenvalue weighted by molar-refractivity contribution is 8.00. The first-order valence-corrected chi connectivity index (χ1v) is 13.8. The van der Waals surface area contributed by atoms with Gasteiger partial charge in [-0.3, -0.25) is 14.5 Å². The molecule has 3 aromatic carbocycles. The molecule has 5 aromatic rings. The summed E-state index contributed by atoms with van der Waals surface area (Å²) in [5.41, 5.74) is 4.43. The summed E-state index contributed by atoms with van der Waals surface area (Å²) in [7, 11) is 0. The van der Waals surface area contributed by atoms with Crippen molar-refractivity contribution < 1.29 is 9.21 Å². The largest absolute Gasteiger partial charge is 0.450 e. The maximum atomic E-state index is 13.7. The molecule has 9 heteroatoms. The van der Waals surface area contributed by atoms with Crippen LogP contribution in [0.4, 0.5) is 5.13 Å². The van der Waals surface area contributed by atoms with Crippen LogP contribution >= 0.6 is 34.7 Å². The van der Waals surface area contributed by atoms with Crippen LogP contribution in [0.5, 0.6) is 0 Å². The zero-order valence-corrected chi connectivity index (χ0v) is 22.3. The summed E-state index contributed by atoms with van der Waals surface area (Å²) in [6.45, 7) is 3.97. The number of thioether (sulfide) groups is 1. The highest BCUT2D eigenvalue weighted by Gasteiger charge is 2.45. The summed E-state index contributed by atoms with van der Waals surface area (Å²) in [6.07, 6.45) is 0. The molecule has 184 valence electrons. The Morgan fingerprint density at radius 2 is 1.78 bits per heavy atom. The maximum Gasteiger partial charge on any atom is 0.297 e. The van der Waals surface area contributed by atoms with Gasteiger partial charge in [0.05, 0.1) is 17.0 Å². The summed E-state index contributed by atoms with van der Waals surface area (Å²) in [5.74, 6) is 0.326. The zero-order valence-electron chi connectivity index (χ0n) is 19.9. The molecule has 0 bridgehead atoms. The van der Waals surface area contributed by atoms with Crippen LogP contribution in [0, 0.1) is 13.8 Å². The number of carbonyl (C=O) groups excluding carboxylic acids is 1. The molecule has 6 rings (SSSR count). The Morgan fingerprint density at radius 1 is 1.00 bits per heavy atom. The molecule has 0 saturated carbocycles. The summed E-state index contributed by atoms with van der Waals surface area (Å²) >= 11 is 9.18. The number of rotatable bonds is 5. The Morgan fingerprint density at radius 3 is 2.57 bits per heavy atom. The van der Waals surface area contributed by atoms with E-state index in [1.807, 2.05) is 19.1 Å². The molecule has 0 radical (unpaired) electrons. The Balaban J connectivity index is 1.43. The van der Waals surface area contributed by atoms with Crippen LogP contribution in [-0.4, -0.2) is 16.1 Å². The second kappa shape index (κ2) is 9.45. The fourth-order valence-corrected chi connectivity index (χ4v) is 6.49. The summed E-state index contributed by atoms with van der Waals surface area (Å²) < 4.78 is 6.76. The average molecular weight is 546 g/mol. The number of aryl methyl sites for hydroxylation is 2. The number of carbonyl (C=O) groups is 1. The monoisotopic (exact) mass is 545 g/mol. The molecular weight excluding hydrogens is 526 g/mol. The highest BCUT2D eigenvalue weighted by atomic mass is 35.5. The summed E-state index contributed by atoms with van der Waals surface area (Å²) in [4.78, 5) is 29.0. The minimum absolute atomic E-state index is 0.0235. The second-order valence-electron chi connectivity index (χ2n) is 8.93. The average Bonchev–Trinajstić information content (AvgIpc) is 3.47. The summed E-state index contributed by atoms with van der Waals surface area (Å²) in [6, 6.07) is 20.1. The number of benzene rings is 3. The normalized spacial score (nSPS) is 14.9. The van der Waals surface area contributed by atoms with E-state index in [9.17, 15) is 9.59 Å². The lowest BCUT2D eigenvalue weighted by Gasteiger charge is -2.22. The lowest BCUT2D eigenvalue weighted by molar-refractivity contribution is 0.0970. The highest BCUT2D eigenvalue weighted by Crippen LogP contribution is 2.43. The van der Waals surface area contributed by atoms with Crippen molar-refractivity contribution in [2.45, 2.75) is 30.0 Å². The van der Waals surface area contributed by atoms with E-state index in [0.717, 1.165) is 15.7 Å². The number of anilines is 1. The fourth-order valence-electron chi connectivity index (χ4n) is 4.46. The molecule has 1 aliphatic rings. The fraction of sp³-hybridized carbons (Fsp3) is 0.143. The van der Waals surface area contributed by atoms with Gasteiger partial charge >= 0.3 is 0 Å². The van der Waals surface area contributed by atoms with Gasteiger partial charge in [0, 0.05) is 10.8 Å². The van der Waals surface area contributed by atoms with Gasteiger partial charge < -0.3 is 4.42 Å². The lowest BCUT2D eigenvalue weighted by Crippen LogP contribution is -2.29. The van der Waals surface area contributed by atoms with E-state index in [2.05, 4.69) is 41.4 Å². The van der Waals surface area contributed by atoms with Crippen LogP contribution in [0.15, 0.2) is 80.3 Å². The number of hydrogen-bond donors (Lipinski definition) is 0. The third kappa shape index (κ3) is 4.35. The number of amides is 1. The van der Waals surface area contributed by atoms with Gasteiger partial charge in [-0.1, -0.05) is 88.3 Å². The van der Waals surface area contributed by atoms with E-state index in [4.69, 9.17) is 16.0 Å². The number of hydrogen-bond acceptors (Lipinski definition) is 7.